The maximum Gasteiger partial charge on any atom is 0.0741 e. The van der Waals surface area contributed by atoms with Crippen LogP contribution in [0.4, 0.5) is 0 Å². The van der Waals surface area contributed by atoms with E-state index < -0.39 is 0 Å². The molecule has 0 spiro atoms. The van der Waals surface area contributed by atoms with Crippen molar-refractivity contribution < 1.29 is 4.74 Å². The van der Waals surface area contributed by atoms with Crippen molar-refractivity contribution in [3.05, 3.63) is 0 Å². The summed E-state index contributed by atoms with van der Waals surface area (Å²) in [6.07, 6.45) is 3.50. The van der Waals surface area contributed by atoms with Crippen molar-refractivity contribution in [2.24, 2.45) is 5.73 Å². The molecular weight excluding hydrogens is 176 g/mol. The lowest BCUT2D eigenvalue weighted by atomic mass is 10.1. The number of ether oxygens (including phenoxy) is 1. The van der Waals surface area contributed by atoms with Gasteiger partial charge in [0.05, 0.1) is 6.10 Å². The molecule has 1 aliphatic heterocycles. The van der Waals surface area contributed by atoms with Gasteiger partial charge in [0, 0.05) is 32.2 Å². The molecule has 1 aliphatic rings. The van der Waals surface area contributed by atoms with Gasteiger partial charge in [-0.2, -0.15) is 0 Å². The lowest BCUT2D eigenvalue weighted by Crippen LogP contribution is -2.45. The Kier molecular flexibility index (Phi) is 5.62. The van der Waals surface area contributed by atoms with Gasteiger partial charge in [-0.15, -0.1) is 11.8 Å². The molecule has 0 radical (unpaired) electrons. The Bertz CT molecular complexity index is 201. The number of hydrogen-bond donors (Lipinski definition) is 2. The summed E-state index contributed by atoms with van der Waals surface area (Å²) in [5.41, 5.74) is 5.69. The van der Waals surface area contributed by atoms with E-state index in [2.05, 4.69) is 17.2 Å². The molecule has 2 unspecified atom stereocenters. The van der Waals surface area contributed by atoms with Crippen molar-refractivity contribution in [3.8, 4) is 11.8 Å². The molecule has 0 bridgehead atoms. The Balaban J connectivity index is 2.19. The van der Waals surface area contributed by atoms with Crippen LogP contribution in [0.15, 0.2) is 0 Å². The fourth-order valence-corrected chi connectivity index (χ4v) is 1.73. The highest BCUT2D eigenvalue weighted by Crippen LogP contribution is 2.14. The third-order valence-electron chi connectivity index (χ3n) is 2.50. The maximum absolute atomic E-state index is 5.69. The van der Waals surface area contributed by atoms with E-state index >= 15 is 0 Å². The van der Waals surface area contributed by atoms with Gasteiger partial charge in [-0.3, -0.25) is 0 Å². The number of hydrogen-bond acceptors (Lipinski definition) is 3. The Morgan fingerprint density at radius 2 is 2.50 bits per heavy atom. The molecule has 3 N–H and O–H groups in total. The standard InChI is InChI=1S/C11H20N2O/c1-2-3-4-7-13-10(9-12)11-6-5-8-14-11/h10-11,13H,4-9,12H2,1H3. The SMILES string of the molecule is CC#CCCNC(CN)C1CCCO1. The monoisotopic (exact) mass is 196 g/mol. The summed E-state index contributed by atoms with van der Waals surface area (Å²) in [6, 6.07) is 0.302. The summed E-state index contributed by atoms with van der Waals surface area (Å²) in [5.74, 6) is 5.90. The normalized spacial score (nSPS) is 22.9. The van der Waals surface area contributed by atoms with Crippen LogP contribution in [0.2, 0.25) is 0 Å². The molecule has 0 aromatic rings. The minimum atomic E-state index is 0.302. The molecule has 14 heavy (non-hydrogen) atoms. The third kappa shape index (κ3) is 3.67. The first-order valence-corrected chi connectivity index (χ1v) is 5.33. The molecule has 1 rings (SSSR count). The van der Waals surface area contributed by atoms with Crippen molar-refractivity contribution in [3.63, 3.8) is 0 Å². The highest BCUT2D eigenvalue weighted by atomic mass is 16.5. The van der Waals surface area contributed by atoms with Crippen LogP contribution in [0.5, 0.6) is 0 Å². The molecule has 3 nitrogen and oxygen atoms in total. The second-order valence-corrected chi connectivity index (χ2v) is 3.52. The quantitative estimate of drug-likeness (QED) is 0.497. The van der Waals surface area contributed by atoms with Gasteiger partial charge in [0.1, 0.15) is 0 Å². The molecule has 80 valence electrons. The minimum absolute atomic E-state index is 0.302. The van der Waals surface area contributed by atoms with Crippen LogP contribution in [0, 0.1) is 11.8 Å². The van der Waals surface area contributed by atoms with Gasteiger partial charge in [0.25, 0.3) is 0 Å². The maximum atomic E-state index is 5.69. The summed E-state index contributed by atoms with van der Waals surface area (Å²) in [7, 11) is 0. The van der Waals surface area contributed by atoms with Crippen molar-refractivity contribution >= 4 is 0 Å². The first kappa shape index (κ1) is 11.5. The van der Waals surface area contributed by atoms with Gasteiger partial charge in [0.15, 0.2) is 0 Å². The first-order chi connectivity index (χ1) is 6.88. The molecule has 2 atom stereocenters. The molecule has 1 saturated heterocycles. The van der Waals surface area contributed by atoms with Crippen LogP contribution < -0.4 is 11.1 Å². The molecule has 1 fully saturated rings. The van der Waals surface area contributed by atoms with E-state index in [9.17, 15) is 0 Å². The van der Waals surface area contributed by atoms with Gasteiger partial charge in [-0.25, -0.2) is 0 Å². The summed E-state index contributed by atoms with van der Waals surface area (Å²) in [4.78, 5) is 0. The van der Waals surface area contributed by atoms with Crippen molar-refractivity contribution in [2.45, 2.75) is 38.3 Å². The fourth-order valence-electron chi connectivity index (χ4n) is 1.73. The summed E-state index contributed by atoms with van der Waals surface area (Å²) in [5, 5.41) is 3.39. The smallest absolute Gasteiger partial charge is 0.0741 e. The second kappa shape index (κ2) is 6.83. The van der Waals surface area contributed by atoms with E-state index in [1.165, 1.54) is 0 Å². The van der Waals surface area contributed by atoms with Gasteiger partial charge >= 0.3 is 0 Å². The van der Waals surface area contributed by atoms with Crippen LogP contribution in [-0.4, -0.2) is 31.8 Å². The zero-order valence-electron chi connectivity index (χ0n) is 8.88. The highest BCUT2D eigenvalue weighted by Gasteiger charge is 2.23. The van der Waals surface area contributed by atoms with Crippen molar-refractivity contribution in [1.82, 2.24) is 5.32 Å². The minimum Gasteiger partial charge on any atom is -0.377 e. The van der Waals surface area contributed by atoms with Gasteiger partial charge in [-0.05, 0) is 19.8 Å². The lowest BCUT2D eigenvalue weighted by Gasteiger charge is -2.22. The topological polar surface area (TPSA) is 47.3 Å². The van der Waals surface area contributed by atoms with Crippen LogP contribution in [-0.2, 0) is 4.74 Å². The zero-order valence-corrected chi connectivity index (χ0v) is 8.88. The molecule has 0 amide bonds. The van der Waals surface area contributed by atoms with E-state index in [-0.39, 0.29) is 0 Å². The molecule has 0 saturated carbocycles. The summed E-state index contributed by atoms with van der Waals surface area (Å²) < 4.78 is 5.58. The Morgan fingerprint density at radius 3 is 3.07 bits per heavy atom. The molecule has 1 heterocycles. The molecule has 0 aliphatic carbocycles. The van der Waals surface area contributed by atoms with Crippen LogP contribution >= 0.6 is 0 Å². The Hall–Kier alpha value is -0.560. The average molecular weight is 196 g/mol. The largest absolute Gasteiger partial charge is 0.377 e. The Labute approximate surface area is 86.4 Å². The number of nitrogens with one attached hydrogen (secondary N) is 1. The fraction of sp³-hybridized carbons (Fsp3) is 0.818. The van der Waals surface area contributed by atoms with Crippen LogP contribution in [0.25, 0.3) is 0 Å². The predicted octanol–water partition coefficient (Wildman–Crippen LogP) is 0.496. The molecular formula is C11H20N2O. The molecule has 0 aromatic heterocycles. The van der Waals surface area contributed by atoms with Crippen molar-refractivity contribution in [1.29, 1.82) is 0 Å². The van der Waals surface area contributed by atoms with E-state index in [4.69, 9.17) is 10.5 Å². The van der Waals surface area contributed by atoms with Crippen LogP contribution in [0.3, 0.4) is 0 Å². The summed E-state index contributed by atoms with van der Waals surface area (Å²) >= 11 is 0. The van der Waals surface area contributed by atoms with E-state index in [1.54, 1.807) is 0 Å². The van der Waals surface area contributed by atoms with Crippen molar-refractivity contribution in [2.75, 3.05) is 19.7 Å². The summed E-state index contributed by atoms with van der Waals surface area (Å²) in [6.45, 7) is 4.30. The highest BCUT2D eigenvalue weighted by molar-refractivity contribution is 4.95. The van der Waals surface area contributed by atoms with Crippen LogP contribution in [0.1, 0.15) is 26.2 Å². The van der Waals surface area contributed by atoms with E-state index in [0.29, 0.717) is 18.7 Å². The average Bonchev–Trinajstić information content (AvgIpc) is 2.71. The van der Waals surface area contributed by atoms with E-state index in [0.717, 1.165) is 32.4 Å². The van der Waals surface area contributed by atoms with Gasteiger partial charge < -0.3 is 15.8 Å². The zero-order chi connectivity index (χ0) is 10.2. The lowest BCUT2D eigenvalue weighted by molar-refractivity contribution is 0.0811. The second-order valence-electron chi connectivity index (χ2n) is 3.52. The number of nitrogens with two attached hydrogens (primary N) is 1. The first-order valence-electron chi connectivity index (χ1n) is 5.33. The number of rotatable bonds is 5. The molecule has 0 aromatic carbocycles. The van der Waals surface area contributed by atoms with Gasteiger partial charge in [0.2, 0.25) is 0 Å². The van der Waals surface area contributed by atoms with Gasteiger partial charge in [-0.1, -0.05) is 0 Å². The van der Waals surface area contributed by atoms with E-state index in [1.807, 2.05) is 6.92 Å². The Morgan fingerprint density at radius 1 is 1.64 bits per heavy atom. The third-order valence-corrected chi connectivity index (χ3v) is 2.50. The molecule has 3 heteroatoms. The predicted molar refractivity (Wildman–Crippen MR) is 57.9 cm³/mol.